The summed E-state index contributed by atoms with van der Waals surface area (Å²) < 4.78 is 7.32. The van der Waals surface area contributed by atoms with Crippen molar-refractivity contribution in [2.24, 2.45) is 7.05 Å². The maximum atomic E-state index is 12.9. The summed E-state index contributed by atoms with van der Waals surface area (Å²) in [6.07, 6.45) is 2.82. The SMILES string of the molecule is Cn1c(=O)n(Cc2ccccc2)c(=O)c2cc(C(=O)OC(=O)c3ccncc3)sc21. The first-order valence-corrected chi connectivity index (χ1v) is 9.71. The van der Waals surface area contributed by atoms with Crippen LogP contribution in [0.15, 0.2) is 70.5 Å². The van der Waals surface area contributed by atoms with Gasteiger partial charge in [-0.3, -0.25) is 18.9 Å². The summed E-state index contributed by atoms with van der Waals surface area (Å²) in [7, 11) is 1.53. The summed E-state index contributed by atoms with van der Waals surface area (Å²) in [5.74, 6) is -1.71. The summed E-state index contributed by atoms with van der Waals surface area (Å²) in [6, 6.07) is 13.3. The lowest BCUT2D eigenvalue weighted by Gasteiger charge is -2.08. The highest BCUT2D eigenvalue weighted by atomic mass is 32.1. The van der Waals surface area contributed by atoms with Crippen LogP contribution in [0.1, 0.15) is 25.6 Å². The summed E-state index contributed by atoms with van der Waals surface area (Å²) in [6.45, 7) is 0.110. The van der Waals surface area contributed by atoms with E-state index < -0.39 is 23.2 Å². The fourth-order valence-corrected chi connectivity index (χ4v) is 3.95. The number of aromatic nitrogens is 3. The quantitative estimate of drug-likeness (QED) is 0.370. The van der Waals surface area contributed by atoms with Gasteiger partial charge < -0.3 is 4.74 Å². The van der Waals surface area contributed by atoms with E-state index in [0.717, 1.165) is 21.5 Å². The second kappa shape index (κ2) is 7.88. The molecule has 4 rings (SSSR count). The van der Waals surface area contributed by atoms with Gasteiger partial charge in [-0.25, -0.2) is 14.4 Å². The van der Waals surface area contributed by atoms with Gasteiger partial charge in [0, 0.05) is 19.4 Å². The zero-order valence-electron chi connectivity index (χ0n) is 15.8. The zero-order valence-corrected chi connectivity index (χ0v) is 16.6. The maximum absolute atomic E-state index is 12.9. The van der Waals surface area contributed by atoms with Crippen LogP contribution >= 0.6 is 11.3 Å². The molecule has 0 bridgehead atoms. The molecule has 30 heavy (non-hydrogen) atoms. The smallest absolute Gasteiger partial charge is 0.356 e. The van der Waals surface area contributed by atoms with Crippen LogP contribution in [0.5, 0.6) is 0 Å². The molecular formula is C21H15N3O5S. The number of pyridine rings is 1. The van der Waals surface area contributed by atoms with Gasteiger partial charge in [0.15, 0.2) is 0 Å². The van der Waals surface area contributed by atoms with Crippen LogP contribution in [0.3, 0.4) is 0 Å². The van der Waals surface area contributed by atoms with Gasteiger partial charge in [0.05, 0.1) is 17.5 Å². The number of rotatable bonds is 4. The van der Waals surface area contributed by atoms with E-state index in [1.165, 1.54) is 42.2 Å². The van der Waals surface area contributed by atoms with Crippen LogP contribution in [0, 0.1) is 0 Å². The van der Waals surface area contributed by atoms with Crippen LogP contribution < -0.4 is 11.2 Å². The number of fused-ring (bicyclic) bond motifs is 1. The molecule has 3 aromatic heterocycles. The molecule has 0 aliphatic rings. The Kier molecular flexibility index (Phi) is 5.11. The Labute approximate surface area is 173 Å². The Hall–Kier alpha value is -3.85. The summed E-state index contributed by atoms with van der Waals surface area (Å²) >= 11 is 0.923. The normalized spacial score (nSPS) is 10.8. The number of aryl methyl sites for hydroxylation is 1. The molecule has 1 aromatic carbocycles. The van der Waals surface area contributed by atoms with E-state index in [1.807, 2.05) is 30.3 Å². The molecule has 4 aromatic rings. The molecule has 0 aliphatic carbocycles. The highest BCUT2D eigenvalue weighted by Crippen LogP contribution is 2.23. The van der Waals surface area contributed by atoms with E-state index in [1.54, 1.807) is 0 Å². The molecule has 9 heteroatoms. The minimum absolute atomic E-state index is 0.0527. The molecule has 0 unspecified atom stereocenters. The number of thiophene rings is 1. The Morgan fingerprint density at radius 2 is 1.73 bits per heavy atom. The van der Waals surface area contributed by atoms with Crippen LogP contribution in [0.25, 0.3) is 10.2 Å². The van der Waals surface area contributed by atoms with Gasteiger partial charge in [0.2, 0.25) is 0 Å². The van der Waals surface area contributed by atoms with Crippen molar-refractivity contribution in [2.45, 2.75) is 6.54 Å². The molecule has 0 saturated heterocycles. The van der Waals surface area contributed by atoms with Gasteiger partial charge >= 0.3 is 17.6 Å². The van der Waals surface area contributed by atoms with Crippen LogP contribution in [-0.2, 0) is 18.3 Å². The van der Waals surface area contributed by atoms with E-state index in [2.05, 4.69) is 4.98 Å². The summed E-state index contributed by atoms with van der Waals surface area (Å²) in [5, 5.41) is 0.210. The lowest BCUT2D eigenvalue weighted by molar-refractivity contribution is 0.0401. The molecule has 0 spiro atoms. The Morgan fingerprint density at radius 3 is 2.43 bits per heavy atom. The zero-order chi connectivity index (χ0) is 21.3. The second-order valence-electron chi connectivity index (χ2n) is 6.46. The van der Waals surface area contributed by atoms with Crippen molar-refractivity contribution in [3.05, 3.63) is 97.8 Å². The third kappa shape index (κ3) is 3.58. The van der Waals surface area contributed by atoms with E-state index in [0.29, 0.717) is 4.83 Å². The predicted molar refractivity (Wildman–Crippen MR) is 111 cm³/mol. The van der Waals surface area contributed by atoms with Crippen molar-refractivity contribution < 1.29 is 14.3 Å². The molecule has 0 fully saturated rings. The van der Waals surface area contributed by atoms with E-state index in [4.69, 9.17) is 4.74 Å². The third-order valence-corrected chi connectivity index (χ3v) is 5.69. The summed E-state index contributed by atoms with van der Waals surface area (Å²) in [4.78, 5) is 54.3. The first-order valence-electron chi connectivity index (χ1n) is 8.89. The fourth-order valence-electron chi connectivity index (χ4n) is 2.97. The highest BCUT2D eigenvalue weighted by Gasteiger charge is 2.21. The Balaban J connectivity index is 1.70. The van der Waals surface area contributed by atoms with Crippen molar-refractivity contribution >= 4 is 33.5 Å². The Bertz CT molecular complexity index is 1370. The van der Waals surface area contributed by atoms with Gasteiger partial charge in [-0.1, -0.05) is 30.3 Å². The van der Waals surface area contributed by atoms with Crippen molar-refractivity contribution in [3.8, 4) is 0 Å². The average molecular weight is 421 g/mol. The highest BCUT2D eigenvalue weighted by molar-refractivity contribution is 7.20. The number of carbonyl (C=O) groups excluding carboxylic acids is 2. The molecule has 0 saturated carbocycles. The van der Waals surface area contributed by atoms with Gasteiger partial charge in [-0.2, -0.15) is 0 Å². The van der Waals surface area contributed by atoms with Gasteiger partial charge in [-0.15, -0.1) is 11.3 Å². The van der Waals surface area contributed by atoms with Crippen molar-refractivity contribution in [1.82, 2.24) is 14.1 Å². The van der Waals surface area contributed by atoms with Crippen molar-refractivity contribution in [2.75, 3.05) is 0 Å². The first kappa shape index (κ1) is 19.5. The molecule has 0 atom stereocenters. The molecular weight excluding hydrogens is 406 g/mol. The number of ether oxygens (including phenoxy) is 1. The molecule has 8 nitrogen and oxygen atoms in total. The van der Waals surface area contributed by atoms with E-state index in [9.17, 15) is 19.2 Å². The van der Waals surface area contributed by atoms with Gasteiger partial charge in [-0.05, 0) is 23.8 Å². The van der Waals surface area contributed by atoms with Gasteiger partial charge in [0.25, 0.3) is 5.56 Å². The van der Waals surface area contributed by atoms with Crippen molar-refractivity contribution in [1.29, 1.82) is 0 Å². The standard InChI is InChI=1S/C21H15N3O5S/c1-23-18-15(17(25)24(21(23)28)12-13-5-3-2-4-6-13)11-16(30-18)20(27)29-19(26)14-7-9-22-10-8-14/h2-11H,12H2,1H3. The monoisotopic (exact) mass is 421 g/mol. The number of esters is 2. The van der Waals surface area contributed by atoms with Crippen LogP contribution in [0.2, 0.25) is 0 Å². The minimum atomic E-state index is -0.889. The molecule has 150 valence electrons. The topological polar surface area (TPSA) is 100 Å². The van der Waals surface area contributed by atoms with E-state index in [-0.39, 0.29) is 22.4 Å². The number of carbonyl (C=O) groups is 2. The molecule has 0 N–H and O–H groups in total. The minimum Gasteiger partial charge on any atom is -0.385 e. The van der Waals surface area contributed by atoms with Gasteiger partial charge in [0.1, 0.15) is 9.71 Å². The largest absolute Gasteiger partial charge is 0.385 e. The predicted octanol–water partition coefficient (Wildman–Crippen LogP) is 2.20. The first-order chi connectivity index (χ1) is 14.5. The van der Waals surface area contributed by atoms with Crippen LogP contribution in [-0.4, -0.2) is 26.1 Å². The number of hydrogen-bond donors (Lipinski definition) is 0. The molecule has 3 heterocycles. The van der Waals surface area contributed by atoms with E-state index >= 15 is 0 Å². The molecule has 0 amide bonds. The molecule has 0 aliphatic heterocycles. The second-order valence-corrected chi connectivity index (χ2v) is 7.49. The number of nitrogens with zero attached hydrogens (tertiary/aromatic N) is 3. The fraction of sp³-hybridized carbons (Fsp3) is 0.0952. The molecule has 0 radical (unpaired) electrons. The number of benzene rings is 1. The lowest BCUT2D eigenvalue weighted by Crippen LogP contribution is -2.38. The maximum Gasteiger partial charge on any atom is 0.356 e. The third-order valence-electron chi connectivity index (χ3n) is 4.50. The average Bonchev–Trinajstić information content (AvgIpc) is 3.22. The summed E-state index contributed by atoms with van der Waals surface area (Å²) in [5.41, 5.74) is -0.0235. The van der Waals surface area contributed by atoms with Crippen molar-refractivity contribution in [3.63, 3.8) is 0 Å². The Morgan fingerprint density at radius 1 is 1.03 bits per heavy atom. The number of hydrogen-bond acceptors (Lipinski definition) is 7. The van der Waals surface area contributed by atoms with Crippen LogP contribution in [0.4, 0.5) is 0 Å². The lowest BCUT2D eigenvalue weighted by atomic mass is 10.2.